The van der Waals surface area contributed by atoms with E-state index in [1.165, 1.54) is 0 Å². The van der Waals surface area contributed by atoms with Gasteiger partial charge in [-0.05, 0) is 22.2 Å². The Morgan fingerprint density at radius 1 is 1.10 bits per heavy atom. The van der Waals surface area contributed by atoms with Crippen molar-refractivity contribution in [2.24, 2.45) is 5.11 Å². The second-order valence-electron chi connectivity index (χ2n) is 4.25. The van der Waals surface area contributed by atoms with Crippen molar-refractivity contribution in [1.29, 1.82) is 0 Å². The lowest BCUT2D eigenvalue weighted by molar-refractivity contribution is 0.238. The van der Waals surface area contributed by atoms with Crippen LogP contribution in [0.4, 0.5) is 0 Å². The summed E-state index contributed by atoms with van der Waals surface area (Å²) in [6.07, 6.45) is 1.01. The van der Waals surface area contributed by atoms with Gasteiger partial charge in [0.05, 0.1) is 0 Å². The molecule has 20 heavy (non-hydrogen) atoms. The molecule has 100 valence electrons. The van der Waals surface area contributed by atoms with E-state index in [9.17, 15) is 5.11 Å². The number of hydrogen-bond donors (Lipinski definition) is 1. The highest BCUT2D eigenvalue weighted by atomic mass is 16.3. The van der Waals surface area contributed by atoms with Gasteiger partial charge in [-0.2, -0.15) is 0 Å². The summed E-state index contributed by atoms with van der Waals surface area (Å²) in [5, 5.41) is 14.0. The van der Waals surface area contributed by atoms with E-state index in [1.807, 2.05) is 60.7 Å². The number of hydrogen-bond acceptors (Lipinski definition) is 2. The van der Waals surface area contributed by atoms with E-state index < -0.39 is 6.10 Å². The van der Waals surface area contributed by atoms with Crippen LogP contribution in [0.2, 0.25) is 0 Å². The molecule has 0 amide bonds. The summed E-state index contributed by atoms with van der Waals surface area (Å²) in [5.74, 6) is 0. The molecule has 0 aromatic heterocycles. The van der Waals surface area contributed by atoms with Crippen LogP contribution in [0, 0.1) is 0 Å². The van der Waals surface area contributed by atoms with Gasteiger partial charge >= 0.3 is 0 Å². The number of aliphatic hydroxyl groups is 1. The van der Waals surface area contributed by atoms with Gasteiger partial charge in [0.25, 0.3) is 0 Å². The second kappa shape index (κ2) is 7.14. The van der Waals surface area contributed by atoms with Crippen LogP contribution in [-0.2, 0) is 0 Å². The summed E-state index contributed by atoms with van der Waals surface area (Å²) in [6, 6.07) is 19.0. The van der Waals surface area contributed by atoms with Crippen LogP contribution in [0.15, 0.2) is 71.9 Å². The van der Waals surface area contributed by atoms with Gasteiger partial charge in [0, 0.05) is 11.5 Å². The van der Waals surface area contributed by atoms with Crippen molar-refractivity contribution in [2.75, 3.05) is 6.54 Å². The lowest BCUT2D eigenvalue weighted by Crippen LogP contribution is -2.01. The molecule has 0 radical (unpaired) electrons. The second-order valence-corrected chi connectivity index (χ2v) is 4.25. The highest BCUT2D eigenvalue weighted by Gasteiger charge is 2.14. The monoisotopic (exact) mass is 265 g/mol. The lowest BCUT2D eigenvalue weighted by atomic mass is 9.95. The highest BCUT2D eigenvalue weighted by molar-refractivity contribution is 5.70. The lowest BCUT2D eigenvalue weighted by Gasteiger charge is -2.16. The third-order valence-corrected chi connectivity index (χ3v) is 2.97. The highest BCUT2D eigenvalue weighted by Crippen LogP contribution is 2.29. The molecular weight excluding hydrogens is 250 g/mol. The molecule has 0 aliphatic heterocycles. The summed E-state index contributed by atoms with van der Waals surface area (Å²) >= 11 is 0. The van der Waals surface area contributed by atoms with E-state index in [2.05, 4.69) is 10.0 Å². The summed E-state index contributed by atoms with van der Waals surface area (Å²) < 4.78 is 0. The van der Waals surface area contributed by atoms with Gasteiger partial charge in [0.15, 0.2) is 0 Å². The predicted octanol–water partition coefficient (Wildman–Crippen LogP) is 4.11. The van der Waals surface area contributed by atoms with Crippen molar-refractivity contribution in [1.82, 2.24) is 0 Å². The molecule has 4 nitrogen and oxygen atoms in total. The van der Waals surface area contributed by atoms with Gasteiger partial charge in [-0.15, -0.1) is 0 Å². The van der Waals surface area contributed by atoms with E-state index in [4.69, 9.17) is 5.53 Å². The molecule has 1 N–H and O–H groups in total. The smallest absolute Gasteiger partial charge is 0.104 e. The number of rotatable bonds is 5. The summed E-state index contributed by atoms with van der Waals surface area (Å²) in [4.78, 5) is 2.73. The summed E-state index contributed by atoms with van der Waals surface area (Å²) in [5.41, 5.74) is 10.8. The molecule has 2 aromatic rings. The quantitative estimate of drug-likeness (QED) is 0.493. The Labute approximate surface area is 117 Å². The maximum Gasteiger partial charge on any atom is 0.104 e. The third-order valence-electron chi connectivity index (χ3n) is 2.97. The Morgan fingerprint density at radius 3 is 2.30 bits per heavy atom. The first-order valence-electron chi connectivity index (χ1n) is 6.32. The van der Waals surface area contributed by atoms with Gasteiger partial charge in [0.2, 0.25) is 0 Å². The van der Waals surface area contributed by atoms with Gasteiger partial charge in [0.1, 0.15) is 6.10 Å². The van der Waals surface area contributed by atoms with Crippen molar-refractivity contribution in [3.8, 4) is 0 Å². The maximum absolute atomic E-state index is 10.5. The SMILES string of the molecule is [N-]=[N+]=NCC=C(c1ccccc1)C(O)c1ccccc1. The van der Waals surface area contributed by atoms with Gasteiger partial charge in [-0.3, -0.25) is 0 Å². The van der Waals surface area contributed by atoms with Crippen molar-refractivity contribution in [2.45, 2.75) is 6.10 Å². The number of azide groups is 1. The molecule has 0 fully saturated rings. The Morgan fingerprint density at radius 2 is 1.70 bits per heavy atom. The number of nitrogens with zero attached hydrogens (tertiary/aromatic N) is 3. The van der Waals surface area contributed by atoms with Crippen LogP contribution in [0.25, 0.3) is 16.0 Å². The van der Waals surface area contributed by atoms with Crippen LogP contribution >= 0.6 is 0 Å². The zero-order valence-corrected chi connectivity index (χ0v) is 10.9. The Bertz CT molecular complexity index is 617. The van der Waals surface area contributed by atoms with Crippen LogP contribution in [-0.4, -0.2) is 11.7 Å². The standard InChI is InChI=1S/C16H15N3O/c17-19-18-12-11-15(13-7-3-1-4-8-13)16(20)14-9-5-2-6-10-14/h1-11,16,20H,12H2. The van der Waals surface area contributed by atoms with E-state index in [1.54, 1.807) is 6.08 Å². The Balaban J connectivity index is 2.36. The van der Waals surface area contributed by atoms with Crippen LogP contribution in [0.3, 0.4) is 0 Å². The van der Waals surface area contributed by atoms with Gasteiger partial charge in [-0.1, -0.05) is 71.9 Å². The number of aliphatic hydroxyl groups excluding tert-OH is 1. The average Bonchev–Trinajstić information content (AvgIpc) is 2.53. The largest absolute Gasteiger partial charge is 0.384 e. The fourth-order valence-electron chi connectivity index (χ4n) is 2.01. The first-order chi connectivity index (χ1) is 9.83. The third kappa shape index (κ3) is 3.48. The maximum atomic E-state index is 10.5. The minimum atomic E-state index is -0.743. The molecule has 0 heterocycles. The fraction of sp³-hybridized carbons (Fsp3) is 0.125. The molecular formula is C16H15N3O. The Kier molecular flexibility index (Phi) is 4.95. The zero-order valence-electron chi connectivity index (χ0n) is 10.9. The molecule has 0 bridgehead atoms. The fourth-order valence-corrected chi connectivity index (χ4v) is 2.01. The molecule has 0 saturated heterocycles. The molecule has 0 aliphatic carbocycles. The summed E-state index contributed by atoms with van der Waals surface area (Å²) in [7, 11) is 0. The van der Waals surface area contributed by atoms with Crippen molar-refractivity contribution < 1.29 is 5.11 Å². The van der Waals surface area contributed by atoms with E-state index in [-0.39, 0.29) is 6.54 Å². The molecule has 0 aliphatic rings. The first-order valence-corrected chi connectivity index (χ1v) is 6.32. The summed E-state index contributed by atoms with van der Waals surface area (Å²) in [6.45, 7) is 0.213. The molecule has 4 heteroatoms. The van der Waals surface area contributed by atoms with Crippen molar-refractivity contribution >= 4 is 5.57 Å². The van der Waals surface area contributed by atoms with Crippen LogP contribution < -0.4 is 0 Å². The van der Waals surface area contributed by atoms with E-state index in [0.29, 0.717) is 0 Å². The van der Waals surface area contributed by atoms with E-state index in [0.717, 1.165) is 16.7 Å². The van der Waals surface area contributed by atoms with Gasteiger partial charge in [-0.25, -0.2) is 0 Å². The van der Waals surface area contributed by atoms with Crippen LogP contribution in [0.5, 0.6) is 0 Å². The van der Waals surface area contributed by atoms with Crippen molar-refractivity contribution in [3.63, 3.8) is 0 Å². The minimum Gasteiger partial charge on any atom is -0.384 e. The average molecular weight is 265 g/mol. The van der Waals surface area contributed by atoms with Gasteiger partial charge < -0.3 is 5.11 Å². The Hall–Kier alpha value is -2.55. The number of benzene rings is 2. The molecule has 1 unspecified atom stereocenters. The molecule has 1 atom stereocenters. The minimum absolute atomic E-state index is 0.213. The molecule has 0 saturated carbocycles. The van der Waals surface area contributed by atoms with E-state index >= 15 is 0 Å². The van der Waals surface area contributed by atoms with Crippen LogP contribution in [0.1, 0.15) is 17.2 Å². The first kappa shape index (κ1) is 13.9. The normalized spacial score (nSPS) is 12.6. The molecule has 2 aromatic carbocycles. The topological polar surface area (TPSA) is 69.0 Å². The molecule has 0 spiro atoms. The van der Waals surface area contributed by atoms with Crippen molar-refractivity contribution in [3.05, 3.63) is 88.3 Å². The predicted molar refractivity (Wildman–Crippen MR) is 79.8 cm³/mol. The zero-order chi connectivity index (χ0) is 14.2. The molecule has 2 rings (SSSR count).